The monoisotopic (exact) mass is 429 g/mol. The normalized spacial score (nSPS) is 15.1. The summed E-state index contributed by atoms with van der Waals surface area (Å²) in [5, 5.41) is 3.12. The van der Waals surface area contributed by atoms with E-state index in [-0.39, 0.29) is 11.9 Å². The molecule has 0 radical (unpaired) electrons. The molecule has 0 aliphatic carbocycles. The van der Waals surface area contributed by atoms with Crippen LogP contribution < -0.4 is 29.2 Å². The van der Waals surface area contributed by atoms with E-state index in [0.29, 0.717) is 29.4 Å². The molecule has 1 fully saturated rings. The van der Waals surface area contributed by atoms with Crippen molar-refractivity contribution in [2.75, 3.05) is 48.1 Å². The molecule has 168 valence electrons. The van der Waals surface area contributed by atoms with Gasteiger partial charge in [-0.3, -0.25) is 4.79 Å². The Bertz CT molecular complexity index is 838. The van der Waals surface area contributed by atoms with E-state index in [1.807, 2.05) is 12.1 Å². The van der Waals surface area contributed by atoms with Crippen molar-refractivity contribution in [2.24, 2.45) is 0 Å². The Morgan fingerprint density at radius 1 is 0.903 bits per heavy atom. The number of hydrogen-bond acceptors (Lipinski definition) is 5. The summed E-state index contributed by atoms with van der Waals surface area (Å²) in [6.07, 6.45) is 3.70. The average molecular weight is 430 g/mol. The Hall–Kier alpha value is -2.93. The van der Waals surface area contributed by atoms with Gasteiger partial charge in [-0.05, 0) is 55.7 Å². The molecule has 3 rings (SSSR count). The molecule has 1 saturated heterocycles. The van der Waals surface area contributed by atoms with Gasteiger partial charge in [0.05, 0.1) is 48.1 Å². The van der Waals surface area contributed by atoms with Gasteiger partial charge >= 0.3 is 0 Å². The van der Waals surface area contributed by atoms with Gasteiger partial charge in [0, 0.05) is 11.1 Å². The summed E-state index contributed by atoms with van der Waals surface area (Å²) >= 11 is 0. The van der Waals surface area contributed by atoms with Crippen LogP contribution in [0.4, 0.5) is 0 Å². The van der Waals surface area contributed by atoms with E-state index >= 15 is 0 Å². The predicted octanol–water partition coefficient (Wildman–Crippen LogP) is 2.26. The molecular weight excluding hydrogens is 396 g/mol. The van der Waals surface area contributed by atoms with Gasteiger partial charge in [0.25, 0.3) is 5.91 Å². The Balaban J connectivity index is 1.79. The van der Waals surface area contributed by atoms with Gasteiger partial charge in [0.15, 0.2) is 11.5 Å². The number of quaternary nitrogens is 1. The van der Waals surface area contributed by atoms with Crippen LogP contribution in [0.2, 0.25) is 0 Å². The number of nitrogens with one attached hydrogen (secondary N) is 2. The Morgan fingerprint density at radius 2 is 1.52 bits per heavy atom. The minimum absolute atomic E-state index is 0.172. The van der Waals surface area contributed by atoms with Crippen molar-refractivity contribution in [2.45, 2.75) is 25.3 Å². The minimum atomic E-state index is -0.172. The lowest BCUT2D eigenvalue weighted by Crippen LogP contribution is -3.13. The lowest BCUT2D eigenvalue weighted by molar-refractivity contribution is -0.935. The maximum Gasteiger partial charge on any atom is 0.251 e. The van der Waals surface area contributed by atoms with Crippen molar-refractivity contribution in [1.29, 1.82) is 0 Å². The number of methoxy groups -OCH3 is 4. The number of carbonyl (C=O) groups excluding carboxylic acids is 1. The van der Waals surface area contributed by atoms with Gasteiger partial charge in [0.1, 0.15) is 11.8 Å². The lowest BCUT2D eigenvalue weighted by atomic mass is 10.0. The fraction of sp³-hybridized carbons (Fsp3) is 0.458. The van der Waals surface area contributed by atoms with Gasteiger partial charge in [-0.1, -0.05) is 0 Å². The smallest absolute Gasteiger partial charge is 0.251 e. The molecule has 2 aromatic carbocycles. The van der Waals surface area contributed by atoms with Crippen molar-refractivity contribution in [3.8, 4) is 23.0 Å². The molecule has 31 heavy (non-hydrogen) atoms. The number of piperidine rings is 1. The Kier molecular flexibility index (Phi) is 8.00. The maximum absolute atomic E-state index is 13.0. The first-order valence-corrected chi connectivity index (χ1v) is 10.7. The van der Waals surface area contributed by atoms with E-state index in [9.17, 15) is 4.79 Å². The van der Waals surface area contributed by atoms with Gasteiger partial charge in [-0.25, -0.2) is 0 Å². The first-order valence-electron chi connectivity index (χ1n) is 10.7. The quantitative estimate of drug-likeness (QED) is 0.640. The second-order valence-corrected chi connectivity index (χ2v) is 7.67. The number of likely N-dealkylation sites (tertiary alicyclic amines) is 1. The van der Waals surface area contributed by atoms with Crippen LogP contribution in [0.5, 0.6) is 23.0 Å². The van der Waals surface area contributed by atoms with Crippen LogP contribution in [-0.2, 0) is 0 Å². The van der Waals surface area contributed by atoms with E-state index in [4.69, 9.17) is 18.9 Å². The molecule has 2 N–H and O–H groups in total. The molecule has 0 unspecified atom stereocenters. The number of benzene rings is 2. The van der Waals surface area contributed by atoms with Crippen molar-refractivity contribution in [3.05, 3.63) is 47.5 Å². The summed E-state index contributed by atoms with van der Waals surface area (Å²) in [5.41, 5.74) is 1.67. The van der Waals surface area contributed by atoms with Crippen LogP contribution >= 0.6 is 0 Å². The highest BCUT2D eigenvalue weighted by Crippen LogP contribution is 2.38. The average Bonchev–Trinajstić information content (AvgIpc) is 2.84. The number of ether oxygens (including phenoxy) is 4. The molecule has 1 aliphatic rings. The van der Waals surface area contributed by atoms with Crippen molar-refractivity contribution < 1.29 is 28.6 Å². The summed E-state index contributed by atoms with van der Waals surface area (Å²) in [6, 6.07) is 11.7. The molecule has 1 atom stereocenters. The van der Waals surface area contributed by atoms with Gasteiger partial charge in [-0.2, -0.15) is 0 Å². The van der Waals surface area contributed by atoms with Crippen LogP contribution in [-0.4, -0.2) is 54.0 Å². The van der Waals surface area contributed by atoms with Crippen molar-refractivity contribution in [3.63, 3.8) is 0 Å². The second kappa shape index (κ2) is 10.9. The largest absolute Gasteiger partial charge is 0.497 e. The van der Waals surface area contributed by atoms with Gasteiger partial charge < -0.3 is 29.2 Å². The molecule has 0 aromatic heterocycles. The zero-order chi connectivity index (χ0) is 22.2. The second-order valence-electron chi connectivity index (χ2n) is 7.67. The van der Waals surface area contributed by atoms with E-state index < -0.39 is 0 Å². The first-order chi connectivity index (χ1) is 15.1. The van der Waals surface area contributed by atoms with Crippen LogP contribution in [0, 0.1) is 0 Å². The predicted molar refractivity (Wildman–Crippen MR) is 119 cm³/mol. The highest BCUT2D eigenvalue weighted by Gasteiger charge is 2.27. The summed E-state index contributed by atoms with van der Waals surface area (Å²) in [5.74, 6) is 2.04. The summed E-state index contributed by atoms with van der Waals surface area (Å²) < 4.78 is 21.4. The topological polar surface area (TPSA) is 70.5 Å². The molecular formula is C24H33N2O5+. The molecule has 0 bridgehead atoms. The molecule has 0 spiro atoms. The van der Waals surface area contributed by atoms with E-state index in [1.54, 1.807) is 40.6 Å². The summed E-state index contributed by atoms with van der Waals surface area (Å²) in [4.78, 5) is 14.5. The zero-order valence-electron chi connectivity index (χ0n) is 18.8. The lowest BCUT2D eigenvalue weighted by Gasteiger charge is -2.32. The molecule has 7 heteroatoms. The van der Waals surface area contributed by atoms with Crippen LogP contribution in [0.3, 0.4) is 0 Å². The number of amides is 1. The molecule has 1 amide bonds. The molecule has 7 nitrogen and oxygen atoms in total. The van der Waals surface area contributed by atoms with Gasteiger partial charge in [-0.15, -0.1) is 0 Å². The van der Waals surface area contributed by atoms with Crippen LogP contribution in [0.15, 0.2) is 36.4 Å². The molecule has 2 aromatic rings. The summed E-state index contributed by atoms with van der Waals surface area (Å²) in [7, 11) is 6.29. The highest BCUT2D eigenvalue weighted by atomic mass is 16.5. The number of rotatable bonds is 9. The highest BCUT2D eigenvalue weighted by molar-refractivity contribution is 5.95. The number of carbonyl (C=O) groups is 1. The van der Waals surface area contributed by atoms with Crippen molar-refractivity contribution in [1.82, 2.24) is 5.32 Å². The summed E-state index contributed by atoms with van der Waals surface area (Å²) in [6.45, 7) is 2.75. The van der Waals surface area contributed by atoms with E-state index in [1.165, 1.54) is 29.7 Å². The Morgan fingerprint density at radius 3 is 2.03 bits per heavy atom. The molecule has 0 saturated carbocycles. The van der Waals surface area contributed by atoms with Gasteiger partial charge in [0.2, 0.25) is 5.75 Å². The minimum Gasteiger partial charge on any atom is -0.497 e. The third-order valence-corrected chi connectivity index (χ3v) is 5.90. The maximum atomic E-state index is 13.0. The Labute approximate surface area is 184 Å². The molecule has 1 heterocycles. The first kappa shape index (κ1) is 22.7. The zero-order valence-corrected chi connectivity index (χ0v) is 18.8. The van der Waals surface area contributed by atoms with E-state index in [0.717, 1.165) is 18.8 Å². The standard InChI is InChI=1S/C24H32N2O5/c1-28-19-10-8-17(9-11-19)20(26-12-6-5-7-13-26)16-25-24(27)18-14-21(29-2)23(31-4)22(15-18)30-3/h8-11,14-15,20H,5-7,12-13,16H2,1-4H3,(H,25,27)/p+1/t20-/m1/s1. The fourth-order valence-electron chi connectivity index (χ4n) is 4.20. The third kappa shape index (κ3) is 5.41. The molecule has 1 aliphatic heterocycles. The van der Waals surface area contributed by atoms with E-state index in [2.05, 4.69) is 17.4 Å². The third-order valence-electron chi connectivity index (χ3n) is 5.90. The SMILES string of the molecule is COc1ccc([C@@H](CNC(=O)c2cc(OC)c(OC)c(OC)c2)[NH+]2CCCCC2)cc1. The van der Waals surface area contributed by atoms with Crippen LogP contribution in [0.25, 0.3) is 0 Å². The van der Waals surface area contributed by atoms with Crippen molar-refractivity contribution >= 4 is 5.91 Å². The fourth-order valence-corrected chi connectivity index (χ4v) is 4.20. The van der Waals surface area contributed by atoms with Crippen LogP contribution in [0.1, 0.15) is 41.2 Å². The number of hydrogen-bond donors (Lipinski definition) is 2.